The number of aromatic nitrogens is 1. The van der Waals surface area contributed by atoms with Crippen molar-refractivity contribution in [3.05, 3.63) is 24.0 Å². The van der Waals surface area contributed by atoms with Crippen molar-refractivity contribution in [1.82, 2.24) is 4.57 Å². The van der Waals surface area contributed by atoms with E-state index in [2.05, 4.69) is 53.1 Å². The Labute approximate surface area is 118 Å². The number of hydrogen-bond acceptors (Lipinski definition) is 1. The molecule has 1 aromatic rings. The van der Waals surface area contributed by atoms with Crippen LogP contribution in [0.1, 0.15) is 52.0 Å². The summed E-state index contributed by atoms with van der Waals surface area (Å²) in [4.78, 5) is 10.9. The summed E-state index contributed by atoms with van der Waals surface area (Å²) >= 11 is 0. The number of rotatable bonds is 4. The Morgan fingerprint density at radius 3 is 2.05 bits per heavy atom. The largest absolute Gasteiger partial charge is 0.296 e. The Hall–Kier alpha value is -1.27. The molecule has 0 saturated heterocycles. The van der Waals surface area contributed by atoms with Crippen LogP contribution < -0.4 is 0 Å². The van der Waals surface area contributed by atoms with Gasteiger partial charge in [0.1, 0.15) is 8.07 Å². The van der Waals surface area contributed by atoms with E-state index < -0.39 is 8.07 Å². The van der Waals surface area contributed by atoms with Crippen molar-refractivity contribution in [1.29, 1.82) is 0 Å². The highest BCUT2D eigenvalue weighted by Crippen LogP contribution is 2.40. The summed E-state index contributed by atoms with van der Waals surface area (Å²) in [6, 6.07) is 6.89. The van der Waals surface area contributed by atoms with Gasteiger partial charge in [-0.25, -0.2) is 0 Å². The molecule has 0 aromatic carbocycles. The third-order valence-electron chi connectivity index (χ3n) is 4.16. The first-order chi connectivity index (χ1) is 8.86. The fourth-order valence-electron chi connectivity index (χ4n) is 3.18. The van der Waals surface area contributed by atoms with E-state index in [1.54, 1.807) is 10.6 Å². The van der Waals surface area contributed by atoms with Crippen LogP contribution in [0.25, 0.3) is 0 Å². The Balaban J connectivity index is 3.27. The van der Waals surface area contributed by atoms with Crippen LogP contribution in [0.5, 0.6) is 0 Å². The number of hydrogen-bond donors (Lipinski definition) is 0. The predicted molar refractivity (Wildman–Crippen MR) is 84.0 cm³/mol. The number of carbonyl (C=O) groups excluding carboxylic acids is 1. The van der Waals surface area contributed by atoms with E-state index in [9.17, 15) is 4.79 Å². The molecule has 1 heterocycles. The van der Waals surface area contributed by atoms with E-state index in [1.807, 2.05) is 12.3 Å². The standard InChI is InChI=1S/C16H25NOSi/c1-13(2)19(14(3)4,15(5)6)11-10-17-9-7-8-16(17)12-18/h7-9,12-15H,1-6H3. The van der Waals surface area contributed by atoms with Gasteiger partial charge in [-0.1, -0.05) is 41.5 Å². The van der Waals surface area contributed by atoms with Crippen molar-refractivity contribution in [2.75, 3.05) is 0 Å². The lowest BCUT2D eigenvalue weighted by atomic mass is 10.5. The fourth-order valence-corrected chi connectivity index (χ4v) is 8.36. The summed E-state index contributed by atoms with van der Waals surface area (Å²) in [6.45, 7) is 13.7. The molecule has 0 aliphatic carbocycles. The first-order valence-electron chi connectivity index (χ1n) is 7.02. The topological polar surface area (TPSA) is 22.0 Å². The smallest absolute Gasteiger partial charge is 0.167 e. The van der Waals surface area contributed by atoms with Crippen LogP contribution in [0.15, 0.2) is 18.3 Å². The van der Waals surface area contributed by atoms with Gasteiger partial charge < -0.3 is 0 Å². The van der Waals surface area contributed by atoms with Crippen LogP contribution in [-0.2, 0) is 0 Å². The first kappa shape index (κ1) is 15.8. The maximum absolute atomic E-state index is 10.9. The lowest BCUT2D eigenvalue weighted by molar-refractivity contribution is 0.111. The highest BCUT2D eigenvalue weighted by molar-refractivity contribution is 6.90. The Bertz CT molecular complexity index is 467. The SMILES string of the molecule is CC(C)[Si](C#Cn1cccc1C=O)(C(C)C)C(C)C. The van der Waals surface area contributed by atoms with E-state index in [1.165, 1.54) is 0 Å². The van der Waals surface area contributed by atoms with Gasteiger partial charge in [-0.2, -0.15) is 0 Å². The molecular formula is C16H25NOSi. The second-order valence-corrected chi connectivity index (χ2v) is 11.6. The van der Waals surface area contributed by atoms with Crippen LogP contribution in [0.3, 0.4) is 0 Å². The van der Waals surface area contributed by atoms with Gasteiger partial charge in [0.25, 0.3) is 0 Å². The molecule has 19 heavy (non-hydrogen) atoms. The van der Waals surface area contributed by atoms with Crippen molar-refractivity contribution in [2.24, 2.45) is 0 Å². The van der Waals surface area contributed by atoms with Crippen molar-refractivity contribution in [2.45, 2.75) is 58.2 Å². The summed E-state index contributed by atoms with van der Waals surface area (Å²) in [7, 11) is -1.72. The lowest BCUT2D eigenvalue weighted by Crippen LogP contribution is -2.43. The molecule has 0 N–H and O–H groups in total. The molecule has 1 aromatic heterocycles. The minimum absolute atomic E-state index is 0.607. The summed E-state index contributed by atoms with van der Waals surface area (Å²) in [6.07, 6.45) is 2.72. The van der Waals surface area contributed by atoms with Crippen molar-refractivity contribution < 1.29 is 4.79 Å². The first-order valence-corrected chi connectivity index (χ1v) is 9.25. The third kappa shape index (κ3) is 3.01. The fraction of sp³-hybridized carbons (Fsp3) is 0.562. The van der Waals surface area contributed by atoms with Crippen LogP contribution >= 0.6 is 0 Å². The Morgan fingerprint density at radius 1 is 1.11 bits per heavy atom. The molecule has 104 valence electrons. The molecule has 0 bridgehead atoms. The van der Waals surface area contributed by atoms with E-state index in [0.29, 0.717) is 22.3 Å². The zero-order chi connectivity index (χ0) is 14.6. The van der Waals surface area contributed by atoms with Crippen LogP contribution in [0.2, 0.25) is 16.6 Å². The molecule has 0 radical (unpaired) electrons. The molecule has 0 fully saturated rings. The molecule has 2 nitrogen and oxygen atoms in total. The maximum Gasteiger partial charge on any atom is 0.167 e. The average molecular weight is 275 g/mol. The zero-order valence-electron chi connectivity index (χ0n) is 12.9. The molecule has 0 atom stereocenters. The molecule has 0 amide bonds. The van der Waals surface area contributed by atoms with Crippen molar-refractivity contribution >= 4 is 14.4 Å². The van der Waals surface area contributed by atoms with Gasteiger partial charge in [0.2, 0.25) is 0 Å². The molecule has 3 heteroatoms. The van der Waals surface area contributed by atoms with Gasteiger partial charge in [-0.15, -0.1) is 5.54 Å². The molecular weight excluding hydrogens is 250 g/mol. The van der Waals surface area contributed by atoms with E-state index in [4.69, 9.17) is 0 Å². The second kappa shape index (κ2) is 6.25. The Kier molecular flexibility index (Phi) is 5.19. The number of aldehydes is 1. The van der Waals surface area contributed by atoms with Gasteiger partial charge in [-0.3, -0.25) is 9.36 Å². The predicted octanol–water partition coefficient (Wildman–Crippen LogP) is 4.33. The third-order valence-corrected chi connectivity index (χ3v) is 10.4. The van der Waals surface area contributed by atoms with Crippen LogP contribution in [0.4, 0.5) is 0 Å². The lowest BCUT2D eigenvalue weighted by Gasteiger charge is -2.37. The van der Waals surface area contributed by atoms with Crippen LogP contribution in [0, 0.1) is 11.6 Å². The van der Waals surface area contributed by atoms with Gasteiger partial charge in [0.05, 0.1) is 5.69 Å². The molecule has 0 aliphatic heterocycles. The molecule has 1 rings (SSSR count). The van der Waals surface area contributed by atoms with Gasteiger partial charge >= 0.3 is 0 Å². The quantitative estimate of drug-likeness (QED) is 0.455. The summed E-state index contributed by atoms with van der Waals surface area (Å²) < 4.78 is 1.75. The molecule has 0 unspecified atom stereocenters. The minimum Gasteiger partial charge on any atom is -0.296 e. The highest BCUT2D eigenvalue weighted by atomic mass is 28.3. The van der Waals surface area contributed by atoms with Crippen molar-refractivity contribution in [3.8, 4) is 11.6 Å². The van der Waals surface area contributed by atoms with Gasteiger partial charge in [0.15, 0.2) is 6.29 Å². The van der Waals surface area contributed by atoms with Crippen LogP contribution in [-0.4, -0.2) is 18.9 Å². The normalized spacial score (nSPS) is 11.8. The second-order valence-electron chi connectivity index (χ2n) is 6.05. The molecule has 0 spiro atoms. The minimum atomic E-state index is -1.72. The summed E-state index contributed by atoms with van der Waals surface area (Å²) in [5.74, 6) is 0. The van der Waals surface area contributed by atoms with Gasteiger partial charge in [0, 0.05) is 12.2 Å². The van der Waals surface area contributed by atoms with Crippen molar-refractivity contribution in [3.63, 3.8) is 0 Å². The summed E-state index contributed by atoms with van der Waals surface area (Å²) in [5.41, 5.74) is 6.05. The Morgan fingerprint density at radius 2 is 1.63 bits per heavy atom. The number of carbonyl (C=O) groups is 1. The molecule has 0 aliphatic rings. The molecule has 0 saturated carbocycles. The highest BCUT2D eigenvalue weighted by Gasteiger charge is 2.41. The average Bonchev–Trinajstić information content (AvgIpc) is 2.75. The van der Waals surface area contributed by atoms with Gasteiger partial charge in [-0.05, 0) is 28.8 Å². The zero-order valence-corrected chi connectivity index (χ0v) is 13.9. The van der Waals surface area contributed by atoms with E-state index >= 15 is 0 Å². The maximum atomic E-state index is 10.9. The summed E-state index contributed by atoms with van der Waals surface area (Å²) in [5, 5.41) is 0. The monoisotopic (exact) mass is 275 g/mol. The van der Waals surface area contributed by atoms with E-state index in [0.717, 1.165) is 6.29 Å². The van der Waals surface area contributed by atoms with E-state index in [-0.39, 0.29) is 0 Å². The number of nitrogens with zero attached hydrogens (tertiary/aromatic N) is 1.